The van der Waals surface area contributed by atoms with Crippen molar-refractivity contribution in [1.29, 1.82) is 0 Å². The molecule has 2 aromatic rings. The van der Waals surface area contributed by atoms with Gasteiger partial charge in [0.25, 0.3) is 5.91 Å². The van der Waals surface area contributed by atoms with E-state index in [2.05, 4.69) is 19.2 Å². The van der Waals surface area contributed by atoms with Crippen LogP contribution >= 0.6 is 11.3 Å². The summed E-state index contributed by atoms with van der Waals surface area (Å²) in [6, 6.07) is 3.95. The van der Waals surface area contributed by atoms with E-state index in [9.17, 15) is 4.79 Å². The van der Waals surface area contributed by atoms with Gasteiger partial charge in [-0.3, -0.25) is 4.79 Å². The predicted molar refractivity (Wildman–Crippen MR) is 77.8 cm³/mol. The number of rotatable bonds is 4. The van der Waals surface area contributed by atoms with Crippen LogP contribution in [0, 0.1) is 20.8 Å². The van der Waals surface area contributed by atoms with Crippen LogP contribution < -0.4 is 5.32 Å². The summed E-state index contributed by atoms with van der Waals surface area (Å²) in [5, 5.41) is 2.95. The summed E-state index contributed by atoms with van der Waals surface area (Å²) in [7, 11) is 0. The number of aryl methyl sites for hydroxylation is 4. The van der Waals surface area contributed by atoms with E-state index in [0.717, 1.165) is 28.4 Å². The molecule has 0 saturated carbocycles. The maximum atomic E-state index is 12.1. The Kier molecular flexibility index (Phi) is 4.10. The molecule has 102 valence electrons. The number of hydrogen-bond donors (Lipinski definition) is 1. The molecule has 2 aromatic heterocycles. The molecule has 0 aromatic carbocycles. The normalized spacial score (nSPS) is 10.7. The van der Waals surface area contributed by atoms with Gasteiger partial charge in [0.05, 0.1) is 4.88 Å². The highest BCUT2D eigenvalue weighted by molar-refractivity contribution is 7.14. The lowest BCUT2D eigenvalue weighted by Gasteiger charge is -2.01. The Labute approximate surface area is 117 Å². The van der Waals surface area contributed by atoms with Crippen LogP contribution in [0.3, 0.4) is 0 Å². The number of furan rings is 1. The molecule has 3 nitrogen and oxygen atoms in total. The quantitative estimate of drug-likeness (QED) is 0.924. The number of amides is 1. The fraction of sp³-hybridized carbons (Fsp3) is 0.400. The van der Waals surface area contributed by atoms with Crippen LogP contribution in [0.2, 0.25) is 0 Å². The van der Waals surface area contributed by atoms with Crippen molar-refractivity contribution in [2.75, 3.05) is 0 Å². The Hall–Kier alpha value is -1.55. The van der Waals surface area contributed by atoms with Crippen molar-refractivity contribution in [3.63, 3.8) is 0 Å². The van der Waals surface area contributed by atoms with Crippen LogP contribution in [-0.4, -0.2) is 5.91 Å². The van der Waals surface area contributed by atoms with Gasteiger partial charge in [0.2, 0.25) is 0 Å². The molecule has 0 aliphatic carbocycles. The molecule has 4 heteroatoms. The van der Waals surface area contributed by atoms with E-state index < -0.39 is 0 Å². The molecular formula is C15H19NO2S. The van der Waals surface area contributed by atoms with Crippen LogP contribution in [0.4, 0.5) is 0 Å². The highest BCUT2D eigenvalue weighted by Gasteiger charge is 2.12. The Bertz CT molecular complexity index is 595. The molecular weight excluding hydrogens is 258 g/mol. The maximum absolute atomic E-state index is 12.1. The first-order valence-electron chi connectivity index (χ1n) is 6.44. The lowest BCUT2D eigenvalue weighted by molar-refractivity contribution is 0.0955. The van der Waals surface area contributed by atoms with E-state index in [4.69, 9.17) is 4.42 Å². The zero-order chi connectivity index (χ0) is 14.0. The van der Waals surface area contributed by atoms with Gasteiger partial charge in [-0.15, -0.1) is 11.3 Å². The molecule has 0 fully saturated rings. The van der Waals surface area contributed by atoms with Crippen molar-refractivity contribution in [3.8, 4) is 0 Å². The smallest absolute Gasteiger partial charge is 0.261 e. The van der Waals surface area contributed by atoms with Crippen LogP contribution in [0.1, 0.15) is 44.1 Å². The third-order valence-electron chi connectivity index (χ3n) is 3.21. The standard InChI is InChI=1S/C15H19NO2S/c1-5-12-7-14(19-11(12)4)15(17)16-8-13-6-9(2)18-10(13)3/h6-7H,5,8H2,1-4H3,(H,16,17). The van der Waals surface area contributed by atoms with E-state index in [-0.39, 0.29) is 5.91 Å². The molecule has 2 rings (SSSR count). The molecule has 0 saturated heterocycles. The Morgan fingerprint density at radius 2 is 2.00 bits per heavy atom. The van der Waals surface area contributed by atoms with Crippen LogP contribution in [0.25, 0.3) is 0 Å². The molecule has 2 heterocycles. The highest BCUT2D eigenvalue weighted by Crippen LogP contribution is 2.22. The van der Waals surface area contributed by atoms with Gasteiger partial charge in [0.1, 0.15) is 11.5 Å². The molecule has 1 N–H and O–H groups in total. The second-order valence-corrected chi connectivity index (χ2v) is 5.92. The minimum atomic E-state index is -0.00828. The average Bonchev–Trinajstić information content (AvgIpc) is 2.89. The molecule has 0 unspecified atom stereocenters. The molecule has 0 radical (unpaired) electrons. The van der Waals surface area contributed by atoms with Crippen molar-refractivity contribution < 1.29 is 9.21 Å². The van der Waals surface area contributed by atoms with Crippen LogP contribution in [0.15, 0.2) is 16.5 Å². The summed E-state index contributed by atoms with van der Waals surface area (Å²) in [5.74, 6) is 1.74. The number of hydrogen-bond acceptors (Lipinski definition) is 3. The summed E-state index contributed by atoms with van der Waals surface area (Å²) < 4.78 is 5.44. The SMILES string of the molecule is CCc1cc(C(=O)NCc2cc(C)oc2C)sc1C. The lowest BCUT2D eigenvalue weighted by Crippen LogP contribution is -2.21. The van der Waals surface area contributed by atoms with E-state index in [1.807, 2.05) is 26.0 Å². The van der Waals surface area contributed by atoms with Gasteiger partial charge in [-0.25, -0.2) is 0 Å². The minimum absolute atomic E-state index is 0.00828. The molecule has 19 heavy (non-hydrogen) atoms. The van der Waals surface area contributed by atoms with Gasteiger partial charge in [0.15, 0.2) is 0 Å². The summed E-state index contributed by atoms with van der Waals surface area (Å²) in [4.78, 5) is 14.1. The Morgan fingerprint density at radius 3 is 2.53 bits per heavy atom. The third-order valence-corrected chi connectivity index (χ3v) is 4.30. The maximum Gasteiger partial charge on any atom is 0.261 e. The van der Waals surface area contributed by atoms with Crippen molar-refractivity contribution in [3.05, 3.63) is 44.5 Å². The number of thiophene rings is 1. The average molecular weight is 277 g/mol. The van der Waals surface area contributed by atoms with Gasteiger partial charge < -0.3 is 9.73 Å². The van der Waals surface area contributed by atoms with E-state index in [1.54, 1.807) is 11.3 Å². The second-order valence-electron chi connectivity index (χ2n) is 4.67. The van der Waals surface area contributed by atoms with Crippen molar-refractivity contribution in [2.24, 2.45) is 0 Å². The highest BCUT2D eigenvalue weighted by atomic mass is 32.1. The number of carbonyl (C=O) groups is 1. The number of carbonyl (C=O) groups excluding carboxylic acids is 1. The Morgan fingerprint density at radius 1 is 1.26 bits per heavy atom. The lowest BCUT2D eigenvalue weighted by atomic mass is 10.2. The largest absolute Gasteiger partial charge is 0.466 e. The zero-order valence-electron chi connectivity index (χ0n) is 11.8. The zero-order valence-corrected chi connectivity index (χ0v) is 12.6. The monoisotopic (exact) mass is 277 g/mol. The first kappa shape index (κ1) is 13.9. The first-order chi connectivity index (χ1) is 9.01. The summed E-state index contributed by atoms with van der Waals surface area (Å²) >= 11 is 1.56. The summed E-state index contributed by atoms with van der Waals surface area (Å²) in [6.07, 6.45) is 0.968. The van der Waals surface area contributed by atoms with Gasteiger partial charge in [-0.1, -0.05) is 6.92 Å². The van der Waals surface area contributed by atoms with Gasteiger partial charge in [0, 0.05) is 17.0 Å². The molecule has 0 atom stereocenters. The Balaban J connectivity index is 2.03. The van der Waals surface area contributed by atoms with Crippen LogP contribution in [0.5, 0.6) is 0 Å². The second kappa shape index (κ2) is 5.61. The number of nitrogens with one attached hydrogen (secondary N) is 1. The minimum Gasteiger partial charge on any atom is -0.466 e. The fourth-order valence-corrected chi connectivity index (χ4v) is 3.13. The van der Waals surface area contributed by atoms with Crippen molar-refractivity contribution in [1.82, 2.24) is 5.32 Å². The topological polar surface area (TPSA) is 42.2 Å². The van der Waals surface area contributed by atoms with Gasteiger partial charge >= 0.3 is 0 Å². The predicted octanol–water partition coefficient (Wildman–Crippen LogP) is 3.76. The third kappa shape index (κ3) is 3.07. The molecule has 0 bridgehead atoms. The van der Waals surface area contributed by atoms with E-state index >= 15 is 0 Å². The fourth-order valence-electron chi connectivity index (χ4n) is 2.10. The van der Waals surface area contributed by atoms with Gasteiger partial charge in [-0.2, -0.15) is 0 Å². The van der Waals surface area contributed by atoms with Crippen molar-refractivity contribution in [2.45, 2.75) is 40.7 Å². The molecule has 0 spiro atoms. The summed E-state index contributed by atoms with van der Waals surface area (Å²) in [6.45, 7) is 8.51. The summed E-state index contributed by atoms with van der Waals surface area (Å²) in [5.41, 5.74) is 2.29. The van der Waals surface area contributed by atoms with Gasteiger partial charge in [-0.05, 0) is 44.9 Å². The van der Waals surface area contributed by atoms with E-state index in [0.29, 0.717) is 6.54 Å². The molecule has 1 amide bonds. The molecule has 0 aliphatic rings. The van der Waals surface area contributed by atoms with Crippen LogP contribution in [-0.2, 0) is 13.0 Å². The van der Waals surface area contributed by atoms with Crippen molar-refractivity contribution >= 4 is 17.2 Å². The first-order valence-corrected chi connectivity index (χ1v) is 7.26. The van der Waals surface area contributed by atoms with E-state index in [1.165, 1.54) is 10.4 Å². The molecule has 0 aliphatic heterocycles.